The van der Waals surface area contributed by atoms with E-state index in [0.717, 1.165) is 37.0 Å². The van der Waals surface area contributed by atoms with Gasteiger partial charge in [0.1, 0.15) is 15.5 Å². The van der Waals surface area contributed by atoms with Crippen LogP contribution < -0.4 is 10.3 Å². The van der Waals surface area contributed by atoms with Gasteiger partial charge in [0.2, 0.25) is 0 Å². The minimum atomic E-state index is -0.558. The zero-order valence-corrected chi connectivity index (χ0v) is 18.8. The van der Waals surface area contributed by atoms with Gasteiger partial charge in [0.15, 0.2) is 0 Å². The molecule has 0 atom stereocenters. The van der Waals surface area contributed by atoms with Crippen molar-refractivity contribution in [3.63, 3.8) is 0 Å². The highest BCUT2D eigenvalue weighted by molar-refractivity contribution is 7.20. The van der Waals surface area contributed by atoms with Crippen molar-refractivity contribution < 1.29 is 19.1 Å². The summed E-state index contributed by atoms with van der Waals surface area (Å²) in [5, 5.41) is 0.453. The Hall–Kier alpha value is -3.00. The Morgan fingerprint density at radius 2 is 1.81 bits per heavy atom. The first-order valence-electron chi connectivity index (χ1n) is 10.4. The largest absolute Gasteiger partial charge is 0.462 e. The summed E-state index contributed by atoms with van der Waals surface area (Å²) in [6.07, 6.45) is 5.24. The summed E-state index contributed by atoms with van der Waals surface area (Å²) in [4.78, 5) is 42.6. The van der Waals surface area contributed by atoms with Gasteiger partial charge in [-0.15, -0.1) is 11.3 Å². The van der Waals surface area contributed by atoms with Crippen molar-refractivity contribution in [3.05, 3.63) is 57.0 Å². The molecule has 0 fully saturated rings. The van der Waals surface area contributed by atoms with Gasteiger partial charge in [-0.05, 0) is 49.6 Å². The monoisotopic (exact) mass is 442 g/mol. The summed E-state index contributed by atoms with van der Waals surface area (Å²) >= 11 is 1.14. The topological polar surface area (TPSA) is 87.5 Å². The van der Waals surface area contributed by atoms with E-state index in [1.807, 2.05) is 6.92 Å². The van der Waals surface area contributed by atoms with E-state index in [2.05, 4.69) is 11.9 Å². The molecule has 0 saturated carbocycles. The number of ether oxygens (including phenoxy) is 2. The van der Waals surface area contributed by atoms with Crippen LogP contribution in [-0.2, 0) is 11.3 Å². The molecular formula is C23H26N2O5S. The first-order valence-corrected chi connectivity index (χ1v) is 11.3. The first-order chi connectivity index (χ1) is 15.0. The summed E-state index contributed by atoms with van der Waals surface area (Å²) in [5.41, 5.74) is 0.816. The minimum Gasteiger partial charge on any atom is -0.462 e. The van der Waals surface area contributed by atoms with Crippen molar-refractivity contribution in [2.75, 3.05) is 6.61 Å². The summed E-state index contributed by atoms with van der Waals surface area (Å²) in [5.74, 6) is -0.652. The third-order valence-electron chi connectivity index (χ3n) is 4.85. The Kier molecular flexibility index (Phi) is 7.57. The number of carbonyl (C=O) groups excluding carboxylic acids is 2. The number of nitrogens with zero attached hydrogens (tertiary/aromatic N) is 2. The molecule has 2 aromatic heterocycles. The molecule has 0 radical (unpaired) electrons. The van der Waals surface area contributed by atoms with Crippen LogP contribution in [0.2, 0.25) is 0 Å². The van der Waals surface area contributed by atoms with Gasteiger partial charge in [-0.25, -0.2) is 14.6 Å². The molecule has 7 nitrogen and oxygen atoms in total. The van der Waals surface area contributed by atoms with Crippen LogP contribution in [0, 0.1) is 6.92 Å². The maximum atomic E-state index is 12.7. The lowest BCUT2D eigenvalue weighted by molar-refractivity contribution is 0.0498. The highest BCUT2D eigenvalue weighted by atomic mass is 32.1. The lowest BCUT2D eigenvalue weighted by Gasteiger charge is -2.06. The number of fused-ring (bicyclic) bond motifs is 1. The second kappa shape index (κ2) is 10.3. The van der Waals surface area contributed by atoms with Crippen LogP contribution in [0.5, 0.6) is 5.75 Å². The molecule has 0 aliphatic rings. The third kappa shape index (κ3) is 5.19. The van der Waals surface area contributed by atoms with Crippen LogP contribution in [0.25, 0.3) is 10.2 Å². The number of unbranched alkanes of at least 4 members (excludes halogenated alkanes) is 2. The predicted octanol–water partition coefficient (Wildman–Crippen LogP) is 4.74. The number of aromatic nitrogens is 2. The normalized spacial score (nSPS) is 10.9. The van der Waals surface area contributed by atoms with Gasteiger partial charge < -0.3 is 9.47 Å². The number of aryl methyl sites for hydroxylation is 2. The van der Waals surface area contributed by atoms with E-state index in [1.165, 1.54) is 6.33 Å². The standard InChI is InChI=1S/C23H26N2O5S/c1-4-6-7-13-29-22(27)16-8-10-17(11-9-16)30-23(28)19-15(3)18-20(31-19)24-14-25(12-5-2)21(18)26/h8-11,14H,4-7,12-13H2,1-3H3. The van der Waals surface area contributed by atoms with Gasteiger partial charge in [0, 0.05) is 6.54 Å². The Bertz CT molecular complexity index is 1130. The molecular weight excluding hydrogens is 416 g/mol. The zero-order valence-electron chi connectivity index (χ0n) is 18.0. The number of rotatable bonds is 9. The third-order valence-corrected chi connectivity index (χ3v) is 6.03. The average Bonchev–Trinajstić information content (AvgIpc) is 3.11. The predicted molar refractivity (Wildman–Crippen MR) is 120 cm³/mol. The Labute approximate surface area is 184 Å². The van der Waals surface area contributed by atoms with E-state index in [1.54, 1.807) is 35.8 Å². The number of hydrogen-bond donors (Lipinski definition) is 0. The number of hydrogen-bond acceptors (Lipinski definition) is 7. The molecule has 164 valence electrons. The van der Waals surface area contributed by atoms with E-state index in [9.17, 15) is 14.4 Å². The average molecular weight is 443 g/mol. The van der Waals surface area contributed by atoms with Crippen LogP contribution in [0.15, 0.2) is 35.4 Å². The molecule has 0 N–H and O–H groups in total. The van der Waals surface area contributed by atoms with Crippen molar-refractivity contribution in [2.24, 2.45) is 0 Å². The number of carbonyl (C=O) groups is 2. The van der Waals surface area contributed by atoms with Gasteiger partial charge in [0.05, 0.1) is 23.9 Å². The molecule has 0 aliphatic heterocycles. The van der Waals surface area contributed by atoms with Crippen LogP contribution in [0.3, 0.4) is 0 Å². The quantitative estimate of drug-likeness (QED) is 0.270. The summed E-state index contributed by atoms with van der Waals surface area (Å²) in [6.45, 7) is 6.76. The SMILES string of the molecule is CCCCCOC(=O)c1ccc(OC(=O)c2sc3ncn(CCC)c(=O)c3c2C)cc1. The maximum absolute atomic E-state index is 12.7. The van der Waals surface area contributed by atoms with Crippen LogP contribution in [-0.4, -0.2) is 28.1 Å². The molecule has 31 heavy (non-hydrogen) atoms. The maximum Gasteiger partial charge on any atom is 0.354 e. The smallest absolute Gasteiger partial charge is 0.354 e. The number of benzene rings is 1. The molecule has 2 heterocycles. The highest BCUT2D eigenvalue weighted by Gasteiger charge is 2.21. The van der Waals surface area contributed by atoms with E-state index in [-0.39, 0.29) is 5.56 Å². The van der Waals surface area contributed by atoms with Crippen molar-refractivity contribution in [1.82, 2.24) is 9.55 Å². The molecule has 1 aromatic carbocycles. The van der Waals surface area contributed by atoms with Crippen molar-refractivity contribution >= 4 is 33.5 Å². The van der Waals surface area contributed by atoms with E-state index in [4.69, 9.17) is 9.47 Å². The lowest BCUT2D eigenvalue weighted by atomic mass is 10.2. The second-order valence-corrected chi connectivity index (χ2v) is 8.24. The molecule has 0 amide bonds. The minimum absolute atomic E-state index is 0.151. The fourth-order valence-corrected chi connectivity index (χ4v) is 4.18. The highest BCUT2D eigenvalue weighted by Crippen LogP contribution is 2.28. The number of thiophene rings is 1. The van der Waals surface area contributed by atoms with Crippen LogP contribution >= 0.6 is 11.3 Å². The van der Waals surface area contributed by atoms with Crippen molar-refractivity contribution in [3.8, 4) is 5.75 Å². The van der Waals surface area contributed by atoms with Crippen molar-refractivity contribution in [1.29, 1.82) is 0 Å². The fraction of sp³-hybridized carbons (Fsp3) is 0.391. The van der Waals surface area contributed by atoms with Gasteiger partial charge in [-0.3, -0.25) is 9.36 Å². The molecule has 3 rings (SSSR count). The zero-order chi connectivity index (χ0) is 22.4. The Morgan fingerprint density at radius 1 is 1.06 bits per heavy atom. The summed E-state index contributed by atoms with van der Waals surface area (Å²) in [7, 11) is 0. The molecule has 0 aliphatic carbocycles. The molecule has 8 heteroatoms. The van der Waals surface area contributed by atoms with Gasteiger partial charge in [0.25, 0.3) is 5.56 Å². The van der Waals surface area contributed by atoms with E-state index >= 15 is 0 Å². The van der Waals surface area contributed by atoms with E-state index < -0.39 is 11.9 Å². The lowest BCUT2D eigenvalue weighted by Crippen LogP contribution is -2.20. The fourth-order valence-electron chi connectivity index (χ4n) is 3.17. The Morgan fingerprint density at radius 3 is 2.48 bits per heavy atom. The molecule has 3 aromatic rings. The second-order valence-electron chi connectivity index (χ2n) is 7.24. The molecule has 0 spiro atoms. The van der Waals surface area contributed by atoms with Gasteiger partial charge >= 0.3 is 11.9 Å². The summed E-state index contributed by atoms with van der Waals surface area (Å²) < 4.78 is 12.2. The van der Waals surface area contributed by atoms with Gasteiger partial charge in [-0.1, -0.05) is 26.7 Å². The van der Waals surface area contributed by atoms with E-state index in [0.29, 0.717) is 45.1 Å². The summed E-state index contributed by atoms with van der Waals surface area (Å²) in [6, 6.07) is 6.23. The van der Waals surface area contributed by atoms with Crippen LogP contribution in [0.1, 0.15) is 65.1 Å². The Balaban J connectivity index is 1.72. The molecule has 0 unspecified atom stereocenters. The van der Waals surface area contributed by atoms with Crippen molar-refractivity contribution in [2.45, 2.75) is 53.0 Å². The van der Waals surface area contributed by atoms with Crippen LogP contribution in [0.4, 0.5) is 0 Å². The number of esters is 2. The first kappa shape index (κ1) is 22.7. The van der Waals surface area contributed by atoms with Gasteiger partial charge in [-0.2, -0.15) is 0 Å². The molecule has 0 saturated heterocycles. The molecule has 0 bridgehead atoms.